The predicted molar refractivity (Wildman–Crippen MR) is 118 cm³/mol. The molecule has 1 aliphatic heterocycles. The molecule has 1 aromatic carbocycles. The number of piperidine rings is 1. The van der Waals surface area contributed by atoms with Crippen molar-refractivity contribution in [2.75, 3.05) is 13.2 Å². The van der Waals surface area contributed by atoms with Crippen molar-refractivity contribution in [2.45, 2.75) is 57.4 Å². The fraction of sp³-hybridized carbons (Fsp3) is 0.636. The number of rotatable bonds is 8. The third kappa shape index (κ3) is 4.49. The first-order valence-corrected chi connectivity index (χ1v) is 11.2. The van der Waals surface area contributed by atoms with E-state index in [1.165, 1.54) is 13.8 Å². The number of benzene rings is 1. The van der Waals surface area contributed by atoms with Gasteiger partial charge in [0.05, 0.1) is 27.5 Å². The Morgan fingerprint density at radius 2 is 1.80 bits per heavy atom. The fourth-order valence-corrected chi connectivity index (χ4v) is 5.86. The van der Waals surface area contributed by atoms with Gasteiger partial charge in [-0.15, -0.1) is 0 Å². The molecule has 0 aliphatic carbocycles. The molecule has 6 atom stereocenters. The Hall–Kier alpha value is -2.02. The lowest BCUT2D eigenvalue weighted by Gasteiger charge is -2.60. The molecule has 0 spiro atoms. The van der Waals surface area contributed by atoms with Gasteiger partial charge in [0, 0.05) is 23.6 Å². The van der Waals surface area contributed by atoms with E-state index in [9.17, 15) is 37.4 Å². The van der Waals surface area contributed by atoms with E-state index in [0.29, 0.717) is 12.1 Å². The number of alkyl halides is 4. The number of carbonyl (C=O) groups is 2. The Labute approximate surface area is 204 Å². The van der Waals surface area contributed by atoms with Crippen molar-refractivity contribution in [3.63, 3.8) is 0 Å². The number of carboxylic acids is 2. The second kappa shape index (κ2) is 10.2. The van der Waals surface area contributed by atoms with E-state index >= 15 is 4.39 Å². The van der Waals surface area contributed by atoms with Crippen molar-refractivity contribution in [2.24, 2.45) is 28.2 Å². The van der Waals surface area contributed by atoms with E-state index in [2.05, 4.69) is 5.32 Å². The average Bonchev–Trinajstić information content (AvgIpc) is 2.73. The molecule has 1 aromatic rings. The van der Waals surface area contributed by atoms with Crippen molar-refractivity contribution < 1.29 is 41.8 Å². The minimum absolute atomic E-state index is 0.0287. The van der Waals surface area contributed by atoms with Gasteiger partial charge in [-0.3, -0.25) is 9.59 Å². The molecule has 198 valence electrons. The van der Waals surface area contributed by atoms with Crippen LogP contribution in [-0.2, 0) is 15.8 Å². The molecule has 7 nitrogen and oxygen atoms in total. The topological polar surface area (TPSA) is 139 Å². The summed E-state index contributed by atoms with van der Waals surface area (Å²) in [7, 11) is 0. The Morgan fingerprint density at radius 3 is 2.20 bits per heavy atom. The van der Waals surface area contributed by atoms with Crippen molar-refractivity contribution in [1.29, 1.82) is 0 Å². The van der Waals surface area contributed by atoms with Crippen LogP contribution in [0.15, 0.2) is 12.1 Å². The van der Waals surface area contributed by atoms with Gasteiger partial charge in [-0.05, 0) is 37.9 Å². The van der Waals surface area contributed by atoms with Crippen molar-refractivity contribution >= 4 is 23.5 Å². The van der Waals surface area contributed by atoms with E-state index < -0.39 is 87.5 Å². The van der Waals surface area contributed by atoms with Gasteiger partial charge >= 0.3 is 18.1 Å². The highest BCUT2D eigenvalue weighted by molar-refractivity contribution is 6.31. The molecule has 6 unspecified atom stereocenters. The predicted octanol–water partition coefficient (Wildman–Crippen LogP) is 3.39. The lowest BCUT2D eigenvalue weighted by Crippen LogP contribution is -2.75. The van der Waals surface area contributed by atoms with Crippen LogP contribution >= 0.6 is 11.6 Å². The molecule has 7 N–H and O–H groups in total. The third-order valence-electron chi connectivity index (χ3n) is 7.28. The highest BCUT2D eigenvalue weighted by Crippen LogP contribution is 2.61. The summed E-state index contributed by atoms with van der Waals surface area (Å²) in [6.45, 7) is 2.13. The molecule has 2 rings (SSSR count). The van der Waals surface area contributed by atoms with Crippen LogP contribution in [0.5, 0.6) is 0 Å². The Bertz CT molecular complexity index is 979. The molecular formula is C22H29ClF5N3O4. The number of hydrogen-bond acceptors (Lipinski definition) is 5. The van der Waals surface area contributed by atoms with E-state index in [1.54, 1.807) is 0 Å². The third-order valence-corrected chi connectivity index (χ3v) is 7.59. The van der Waals surface area contributed by atoms with E-state index in [-0.39, 0.29) is 13.0 Å². The van der Waals surface area contributed by atoms with E-state index in [0.717, 1.165) is 6.92 Å². The molecule has 0 radical (unpaired) electrons. The maximum atomic E-state index is 15.4. The number of nitrogens with two attached hydrogens (primary N) is 2. The smallest absolute Gasteiger partial charge is 0.418 e. The molecule has 13 heteroatoms. The van der Waals surface area contributed by atoms with Crippen LogP contribution in [0.3, 0.4) is 0 Å². The van der Waals surface area contributed by atoms with Gasteiger partial charge in [0.25, 0.3) is 0 Å². The molecule has 0 aromatic heterocycles. The molecule has 0 bridgehead atoms. The summed E-state index contributed by atoms with van der Waals surface area (Å²) >= 11 is 5.84. The number of aliphatic carboxylic acids is 2. The zero-order valence-corrected chi connectivity index (χ0v) is 20.1. The number of carboxylic acid groups (broad SMARTS) is 2. The molecule has 35 heavy (non-hydrogen) atoms. The Kier molecular flexibility index (Phi) is 8.47. The minimum Gasteiger partial charge on any atom is -0.481 e. The fourth-order valence-electron chi connectivity index (χ4n) is 5.59. The first-order chi connectivity index (χ1) is 16.0. The molecule has 0 saturated carbocycles. The minimum atomic E-state index is -5.29. The first-order valence-electron chi connectivity index (χ1n) is 10.8. The highest BCUT2D eigenvalue weighted by Gasteiger charge is 2.70. The zero-order chi connectivity index (χ0) is 27.1. The quantitative estimate of drug-likeness (QED) is 0.325. The van der Waals surface area contributed by atoms with Crippen LogP contribution < -0.4 is 16.8 Å². The van der Waals surface area contributed by atoms with Gasteiger partial charge < -0.3 is 27.0 Å². The summed E-state index contributed by atoms with van der Waals surface area (Å²) < 4.78 is 72.4. The summed E-state index contributed by atoms with van der Waals surface area (Å²) in [5.41, 5.74) is 3.79. The van der Waals surface area contributed by atoms with Crippen molar-refractivity contribution in [3.05, 3.63) is 34.1 Å². The van der Waals surface area contributed by atoms with Gasteiger partial charge in [-0.2, -0.15) is 13.2 Å². The van der Waals surface area contributed by atoms with Crippen molar-refractivity contribution in [1.82, 2.24) is 5.32 Å². The average molecular weight is 530 g/mol. The number of hydrogen-bond donors (Lipinski definition) is 5. The van der Waals surface area contributed by atoms with Crippen LogP contribution in [0.1, 0.15) is 44.2 Å². The standard InChI is InChI=1S/C22H29ClF5N3O4/c1-9(2)21(19(34)35)16(14-11(25)5-4-10(23)15(14)22(26,27)28)20(3,18(32)33)13(8-24)31-17(21)12(30)6-7-29/h4-5,9,12-13,16-17,31H,6-8,29-30H2,1-3H3,(H,32,33)(H,34,35). The second-order valence-electron chi connectivity index (χ2n) is 9.32. The SMILES string of the molecule is CC(C)C1(C(=O)O)C(C(N)CCN)NC(CF)C(C)(C(=O)O)C1c1c(F)ccc(Cl)c1C(F)(F)F. The van der Waals surface area contributed by atoms with Crippen LogP contribution in [0.2, 0.25) is 5.02 Å². The summed E-state index contributed by atoms with van der Waals surface area (Å²) in [4.78, 5) is 25.7. The summed E-state index contributed by atoms with van der Waals surface area (Å²) in [5, 5.41) is 22.5. The van der Waals surface area contributed by atoms with Crippen LogP contribution in [0.25, 0.3) is 0 Å². The van der Waals surface area contributed by atoms with Crippen molar-refractivity contribution in [3.8, 4) is 0 Å². The highest BCUT2D eigenvalue weighted by atomic mass is 35.5. The van der Waals surface area contributed by atoms with Crippen LogP contribution in [0.4, 0.5) is 22.0 Å². The van der Waals surface area contributed by atoms with Crippen LogP contribution in [0, 0.1) is 22.6 Å². The molecule has 1 heterocycles. The molecule has 1 saturated heterocycles. The Balaban J connectivity index is 3.21. The first kappa shape index (κ1) is 29.2. The molecule has 0 amide bonds. The van der Waals surface area contributed by atoms with Gasteiger partial charge in [0.15, 0.2) is 0 Å². The lowest BCUT2D eigenvalue weighted by molar-refractivity contribution is -0.180. The number of nitrogens with one attached hydrogen (secondary N) is 1. The second-order valence-corrected chi connectivity index (χ2v) is 9.73. The molecular weight excluding hydrogens is 501 g/mol. The monoisotopic (exact) mass is 529 g/mol. The molecule has 1 aliphatic rings. The zero-order valence-electron chi connectivity index (χ0n) is 19.3. The van der Waals surface area contributed by atoms with Gasteiger partial charge in [-0.25, -0.2) is 8.78 Å². The van der Waals surface area contributed by atoms with Crippen LogP contribution in [-0.4, -0.2) is 53.5 Å². The van der Waals surface area contributed by atoms with E-state index in [4.69, 9.17) is 23.1 Å². The Morgan fingerprint density at radius 1 is 1.23 bits per heavy atom. The van der Waals surface area contributed by atoms with Gasteiger partial charge in [-0.1, -0.05) is 25.4 Å². The van der Waals surface area contributed by atoms with E-state index in [1.807, 2.05) is 0 Å². The lowest BCUT2D eigenvalue weighted by atomic mass is 9.47. The van der Waals surface area contributed by atoms with Gasteiger partial charge in [0.1, 0.15) is 12.5 Å². The maximum Gasteiger partial charge on any atom is 0.418 e. The number of halogens is 6. The maximum absolute atomic E-state index is 15.4. The largest absolute Gasteiger partial charge is 0.481 e. The summed E-state index contributed by atoms with van der Waals surface area (Å²) in [6, 6.07) is -3.09. The van der Waals surface area contributed by atoms with Gasteiger partial charge in [0.2, 0.25) is 0 Å². The molecule has 1 fully saturated rings. The summed E-state index contributed by atoms with van der Waals surface area (Å²) in [5.74, 6) is -8.40. The normalized spacial score (nSPS) is 30.3. The summed E-state index contributed by atoms with van der Waals surface area (Å²) in [6.07, 6.45) is -5.32.